The van der Waals surface area contributed by atoms with Gasteiger partial charge in [0.05, 0.1) is 0 Å². The maximum atomic E-state index is 12.3. The fourth-order valence-electron chi connectivity index (χ4n) is 1.66. The Labute approximate surface area is 123 Å². The highest BCUT2D eigenvalue weighted by molar-refractivity contribution is 6.03. The monoisotopic (exact) mass is 286 g/mol. The fourth-order valence-corrected chi connectivity index (χ4v) is 1.66. The molecular weight excluding hydrogens is 268 g/mol. The number of hydrogen-bond acceptors (Lipinski definition) is 6. The third kappa shape index (κ3) is 3.73. The molecule has 0 unspecified atom stereocenters. The van der Waals surface area contributed by atoms with Crippen LogP contribution in [0, 0.1) is 0 Å². The second kappa shape index (κ2) is 5.84. The van der Waals surface area contributed by atoms with Gasteiger partial charge in [0.2, 0.25) is 5.95 Å². The average Bonchev–Trinajstić information content (AvgIpc) is 2.46. The summed E-state index contributed by atoms with van der Waals surface area (Å²) >= 11 is 0. The van der Waals surface area contributed by atoms with Crippen molar-refractivity contribution in [3.05, 3.63) is 41.9 Å². The number of nitrogens with two attached hydrogens (primary N) is 1. The number of pyridine rings is 1. The van der Waals surface area contributed by atoms with Crippen LogP contribution in [0.2, 0.25) is 0 Å². The summed E-state index contributed by atoms with van der Waals surface area (Å²) in [5.74, 6) is 5.78. The molecule has 110 valence electrons. The number of rotatable bonds is 3. The van der Waals surface area contributed by atoms with E-state index in [0.717, 1.165) is 5.69 Å². The van der Waals surface area contributed by atoms with Gasteiger partial charge in [-0.05, 0) is 18.2 Å². The molecule has 2 aromatic heterocycles. The summed E-state index contributed by atoms with van der Waals surface area (Å²) in [6.07, 6.45) is 3.12. The first-order chi connectivity index (χ1) is 9.90. The first-order valence-electron chi connectivity index (χ1n) is 6.47. The summed E-state index contributed by atoms with van der Waals surface area (Å²) < 4.78 is 0. The van der Waals surface area contributed by atoms with Gasteiger partial charge in [-0.15, -0.1) is 0 Å². The lowest BCUT2D eigenvalue weighted by atomic mass is 9.90. The van der Waals surface area contributed by atoms with E-state index in [1.54, 1.807) is 30.6 Å². The zero-order valence-electron chi connectivity index (χ0n) is 12.2. The number of nitrogens with one attached hydrogen (secondary N) is 2. The minimum Gasteiger partial charge on any atom is -0.308 e. The first-order valence-corrected chi connectivity index (χ1v) is 6.47. The fraction of sp³-hybridized carbons (Fsp3) is 0.286. The molecule has 2 aromatic rings. The normalized spacial score (nSPS) is 11.0. The van der Waals surface area contributed by atoms with Crippen molar-refractivity contribution in [2.75, 3.05) is 10.7 Å². The Morgan fingerprint density at radius 2 is 1.86 bits per heavy atom. The molecule has 0 saturated carbocycles. The minimum absolute atomic E-state index is 0.203. The van der Waals surface area contributed by atoms with E-state index in [-0.39, 0.29) is 17.3 Å². The SMILES string of the molecule is CC(C)(C)c1cc(C(=O)Nc2ncccn2)cc(NN)n1. The van der Waals surface area contributed by atoms with Gasteiger partial charge in [0.1, 0.15) is 5.82 Å². The second-order valence-electron chi connectivity index (χ2n) is 5.55. The predicted molar refractivity (Wildman–Crippen MR) is 80.7 cm³/mol. The Bertz CT molecular complexity index is 636. The lowest BCUT2D eigenvalue weighted by Gasteiger charge is -2.19. The van der Waals surface area contributed by atoms with Crippen LogP contribution in [0.15, 0.2) is 30.6 Å². The zero-order chi connectivity index (χ0) is 15.5. The van der Waals surface area contributed by atoms with Crippen LogP contribution in [0.25, 0.3) is 0 Å². The van der Waals surface area contributed by atoms with Gasteiger partial charge in [-0.1, -0.05) is 20.8 Å². The Morgan fingerprint density at radius 1 is 1.19 bits per heavy atom. The highest BCUT2D eigenvalue weighted by Gasteiger charge is 2.19. The van der Waals surface area contributed by atoms with E-state index >= 15 is 0 Å². The van der Waals surface area contributed by atoms with Crippen LogP contribution in [0.1, 0.15) is 36.8 Å². The summed E-state index contributed by atoms with van der Waals surface area (Å²) in [6, 6.07) is 4.99. The summed E-state index contributed by atoms with van der Waals surface area (Å²) in [4.78, 5) is 24.6. The van der Waals surface area contributed by atoms with Crippen LogP contribution < -0.4 is 16.6 Å². The lowest BCUT2D eigenvalue weighted by molar-refractivity contribution is 0.102. The van der Waals surface area contributed by atoms with Crippen LogP contribution in [-0.2, 0) is 5.41 Å². The number of amides is 1. The van der Waals surface area contributed by atoms with Gasteiger partial charge in [0, 0.05) is 29.1 Å². The molecule has 4 N–H and O–H groups in total. The Morgan fingerprint density at radius 3 is 2.43 bits per heavy atom. The molecule has 0 fully saturated rings. The number of aromatic nitrogens is 3. The van der Waals surface area contributed by atoms with Crippen molar-refractivity contribution < 1.29 is 4.79 Å². The number of hydrazine groups is 1. The Kier molecular flexibility index (Phi) is 4.13. The topological polar surface area (TPSA) is 106 Å². The van der Waals surface area contributed by atoms with Gasteiger partial charge >= 0.3 is 0 Å². The van der Waals surface area contributed by atoms with Gasteiger partial charge in [0.25, 0.3) is 5.91 Å². The molecule has 2 heterocycles. The van der Waals surface area contributed by atoms with Crippen molar-refractivity contribution in [2.45, 2.75) is 26.2 Å². The number of carbonyl (C=O) groups is 1. The van der Waals surface area contributed by atoms with Crippen molar-refractivity contribution in [1.82, 2.24) is 15.0 Å². The molecule has 1 amide bonds. The van der Waals surface area contributed by atoms with Crippen molar-refractivity contribution in [1.29, 1.82) is 0 Å². The van der Waals surface area contributed by atoms with Crippen molar-refractivity contribution >= 4 is 17.7 Å². The van der Waals surface area contributed by atoms with E-state index in [1.807, 2.05) is 20.8 Å². The van der Waals surface area contributed by atoms with E-state index in [0.29, 0.717) is 11.4 Å². The van der Waals surface area contributed by atoms with E-state index in [4.69, 9.17) is 5.84 Å². The van der Waals surface area contributed by atoms with E-state index in [2.05, 4.69) is 25.7 Å². The Hall–Kier alpha value is -2.54. The summed E-state index contributed by atoms with van der Waals surface area (Å²) in [5, 5.41) is 2.63. The smallest absolute Gasteiger partial charge is 0.258 e. The van der Waals surface area contributed by atoms with Crippen LogP contribution in [0.4, 0.5) is 11.8 Å². The summed E-state index contributed by atoms with van der Waals surface area (Å²) in [6.45, 7) is 6.03. The maximum Gasteiger partial charge on any atom is 0.258 e. The zero-order valence-corrected chi connectivity index (χ0v) is 12.2. The highest BCUT2D eigenvalue weighted by Crippen LogP contribution is 2.23. The molecule has 0 radical (unpaired) electrons. The predicted octanol–water partition coefficient (Wildman–Crippen LogP) is 1.71. The van der Waals surface area contributed by atoms with Crippen molar-refractivity contribution in [2.24, 2.45) is 5.84 Å². The van der Waals surface area contributed by atoms with Crippen LogP contribution in [0.3, 0.4) is 0 Å². The number of carbonyl (C=O) groups excluding carboxylic acids is 1. The molecule has 7 heteroatoms. The van der Waals surface area contributed by atoms with Gasteiger partial charge < -0.3 is 5.43 Å². The molecule has 0 aliphatic rings. The minimum atomic E-state index is -0.314. The van der Waals surface area contributed by atoms with Gasteiger partial charge in [-0.25, -0.2) is 20.8 Å². The number of nitrogens with zero attached hydrogens (tertiary/aromatic N) is 3. The first kappa shape index (κ1) is 14.9. The third-order valence-electron chi connectivity index (χ3n) is 2.79. The van der Waals surface area contributed by atoms with Gasteiger partial charge in [0.15, 0.2) is 0 Å². The molecule has 0 aliphatic carbocycles. The molecule has 0 atom stereocenters. The highest BCUT2D eigenvalue weighted by atomic mass is 16.1. The molecule has 0 saturated heterocycles. The van der Waals surface area contributed by atoms with Gasteiger partial charge in [-0.3, -0.25) is 10.1 Å². The molecule has 0 aliphatic heterocycles. The maximum absolute atomic E-state index is 12.3. The van der Waals surface area contributed by atoms with Gasteiger partial charge in [-0.2, -0.15) is 0 Å². The molecule has 0 aromatic carbocycles. The Balaban J connectivity index is 2.32. The van der Waals surface area contributed by atoms with E-state index < -0.39 is 0 Å². The van der Waals surface area contributed by atoms with Crippen molar-refractivity contribution in [3.63, 3.8) is 0 Å². The van der Waals surface area contributed by atoms with Crippen LogP contribution >= 0.6 is 0 Å². The van der Waals surface area contributed by atoms with E-state index in [1.165, 1.54) is 0 Å². The standard InChI is InChI=1S/C14H18N6O/c1-14(2,3)10-7-9(8-11(18-10)20-15)12(21)19-13-16-5-4-6-17-13/h4-8H,15H2,1-3H3,(H,18,20)(H,16,17,19,21). The number of hydrogen-bond donors (Lipinski definition) is 3. The summed E-state index contributed by atoms with van der Waals surface area (Å²) in [7, 11) is 0. The molecule has 21 heavy (non-hydrogen) atoms. The van der Waals surface area contributed by atoms with E-state index in [9.17, 15) is 4.79 Å². The largest absolute Gasteiger partial charge is 0.308 e. The second-order valence-corrected chi connectivity index (χ2v) is 5.55. The number of anilines is 2. The molecule has 0 bridgehead atoms. The average molecular weight is 286 g/mol. The molecule has 2 rings (SSSR count). The molecular formula is C14H18N6O. The number of nitrogen functional groups attached to an aromatic ring is 1. The van der Waals surface area contributed by atoms with Crippen molar-refractivity contribution in [3.8, 4) is 0 Å². The molecule has 0 spiro atoms. The molecule has 7 nitrogen and oxygen atoms in total. The van der Waals surface area contributed by atoms with Crippen LogP contribution in [-0.4, -0.2) is 20.9 Å². The lowest BCUT2D eigenvalue weighted by Crippen LogP contribution is -2.20. The van der Waals surface area contributed by atoms with Crippen LogP contribution in [0.5, 0.6) is 0 Å². The quantitative estimate of drug-likeness (QED) is 0.586. The summed E-state index contributed by atoms with van der Waals surface area (Å²) in [5.41, 5.74) is 3.47. The third-order valence-corrected chi connectivity index (χ3v) is 2.79.